The number of nitro benzene ring substituents is 1. The fraction of sp³-hybridized carbons (Fsp3) is 0.417. The van der Waals surface area contributed by atoms with Gasteiger partial charge in [0.2, 0.25) is 0 Å². The first-order valence-corrected chi connectivity index (χ1v) is 6.44. The highest BCUT2D eigenvalue weighted by atomic mass is 79.9. The summed E-state index contributed by atoms with van der Waals surface area (Å²) in [6.45, 7) is 2.95. The van der Waals surface area contributed by atoms with Gasteiger partial charge in [0.05, 0.1) is 21.4 Å². The van der Waals surface area contributed by atoms with Gasteiger partial charge in [0.15, 0.2) is 5.75 Å². The SMILES string of the molecule is CC(C)(CCOc1cc(F)c(Br)cc1[N+](=O)[O-])C(=O)O. The van der Waals surface area contributed by atoms with E-state index in [0.717, 1.165) is 12.1 Å². The lowest BCUT2D eigenvalue weighted by Crippen LogP contribution is -2.26. The molecule has 0 aliphatic carbocycles. The van der Waals surface area contributed by atoms with Crippen LogP contribution in [0.25, 0.3) is 0 Å². The summed E-state index contributed by atoms with van der Waals surface area (Å²) in [7, 11) is 0. The normalized spacial score (nSPS) is 11.2. The maximum Gasteiger partial charge on any atom is 0.312 e. The Morgan fingerprint density at radius 3 is 2.65 bits per heavy atom. The van der Waals surface area contributed by atoms with Crippen molar-refractivity contribution in [3.05, 3.63) is 32.5 Å². The van der Waals surface area contributed by atoms with E-state index in [1.54, 1.807) is 0 Å². The molecule has 20 heavy (non-hydrogen) atoms. The molecule has 1 N–H and O–H groups in total. The summed E-state index contributed by atoms with van der Waals surface area (Å²) >= 11 is 2.85. The zero-order chi connectivity index (χ0) is 15.5. The van der Waals surface area contributed by atoms with Gasteiger partial charge in [-0.15, -0.1) is 0 Å². The molecule has 0 heterocycles. The van der Waals surface area contributed by atoms with E-state index in [4.69, 9.17) is 9.84 Å². The van der Waals surface area contributed by atoms with Crippen LogP contribution in [0.3, 0.4) is 0 Å². The van der Waals surface area contributed by atoms with E-state index in [2.05, 4.69) is 15.9 Å². The van der Waals surface area contributed by atoms with E-state index in [1.165, 1.54) is 13.8 Å². The van der Waals surface area contributed by atoms with Crippen molar-refractivity contribution in [2.24, 2.45) is 5.41 Å². The largest absolute Gasteiger partial charge is 0.487 e. The molecular formula is C12H13BrFNO5. The Bertz CT molecular complexity index is 547. The number of benzene rings is 1. The summed E-state index contributed by atoms with van der Waals surface area (Å²) in [4.78, 5) is 21.1. The maximum atomic E-state index is 13.4. The van der Waals surface area contributed by atoms with Gasteiger partial charge in [-0.2, -0.15) is 0 Å². The molecule has 0 saturated carbocycles. The van der Waals surface area contributed by atoms with Gasteiger partial charge in [0.25, 0.3) is 0 Å². The number of carboxylic acid groups (broad SMARTS) is 1. The maximum absolute atomic E-state index is 13.4. The standard InChI is InChI=1S/C12H13BrFNO5/c1-12(2,11(16)17)3-4-20-10-6-8(14)7(13)5-9(10)15(18)19/h5-6H,3-4H2,1-2H3,(H,16,17). The number of nitrogens with zero attached hydrogens (tertiary/aromatic N) is 1. The quantitative estimate of drug-likeness (QED) is 0.628. The molecule has 1 rings (SSSR count). The van der Waals surface area contributed by atoms with Crippen LogP contribution in [-0.4, -0.2) is 22.6 Å². The summed E-state index contributed by atoms with van der Waals surface area (Å²) in [5, 5.41) is 19.8. The van der Waals surface area contributed by atoms with Crippen LogP contribution in [0, 0.1) is 21.3 Å². The number of hydrogen-bond donors (Lipinski definition) is 1. The third kappa shape index (κ3) is 3.89. The van der Waals surface area contributed by atoms with Gasteiger partial charge in [-0.25, -0.2) is 4.39 Å². The first-order valence-electron chi connectivity index (χ1n) is 5.65. The van der Waals surface area contributed by atoms with Crippen LogP contribution in [-0.2, 0) is 4.79 Å². The number of halogens is 2. The van der Waals surface area contributed by atoms with Crippen LogP contribution < -0.4 is 4.74 Å². The molecule has 0 saturated heterocycles. The molecule has 0 aliphatic heterocycles. The van der Waals surface area contributed by atoms with Crippen LogP contribution in [0.4, 0.5) is 10.1 Å². The number of rotatable bonds is 6. The average Bonchev–Trinajstić information content (AvgIpc) is 2.32. The highest BCUT2D eigenvalue weighted by Crippen LogP contribution is 2.33. The molecule has 8 heteroatoms. The summed E-state index contributed by atoms with van der Waals surface area (Å²) in [5.74, 6) is -1.92. The predicted molar refractivity (Wildman–Crippen MR) is 72.3 cm³/mol. The average molecular weight is 350 g/mol. The number of hydrogen-bond acceptors (Lipinski definition) is 4. The Labute approximate surface area is 122 Å². The number of ether oxygens (including phenoxy) is 1. The second kappa shape index (κ2) is 6.17. The van der Waals surface area contributed by atoms with Gasteiger partial charge < -0.3 is 9.84 Å². The Morgan fingerprint density at radius 2 is 2.15 bits per heavy atom. The molecule has 1 aromatic carbocycles. The monoisotopic (exact) mass is 349 g/mol. The lowest BCUT2D eigenvalue weighted by molar-refractivity contribution is -0.386. The molecule has 110 valence electrons. The van der Waals surface area contributed by atoms with Crippen molar-refractivity contribution >= 4 is 27.6 Å². The smallest absolute Gasteiger partial charge is 0.312 e. The highest BCUT2D eigenvalue weighted by Gasteiger charge is 2.27. The van der Waals surface area contributed by atoms with E-state index >= 15 is 0 Å². The highest BCUT2D eigenvalue weighted by molar-refractivity contribution is 9.10. The fourth-order valence-corrected chi connectivity index (χ4v) is 1.63. The molecule has 0 radical (unpaired) electrons. The molecule has 6 nitrogen and oxygen atoms in total. The minimum absolute atomic E-state index is 0.0394. The zero-order valence-electron chi connectivity index (χ0n) is 10.9. The molecule has 0 bridgehead atoms. The lowest BCUT2D eigenvalue weighted by atomic mass is 9.90. The van der Waals surface area contributed by atoms with Gasteiger partial charge in [0, 0.05) is 12.1 Å². The lowest BCUT2D eigenvalue weighted by Gasteiger charge is -2.18. The van der Waals surface area contributed by atoms with Crippen molar-refractivity contribution in [2.45, 2.75) is 20.3 Å². The van der Waals surface area contributed by atoms with E-state index in [9.17, 15) is 19.3 Å². The molecule has 0 fully saturated rings. The molecule has 0 aromatic heterocycles. The topological polar surface area (TPSA) is 89.7 Å². The Balaban J connectivity index is 2.85. The van der Waals surface area contributed by atoms with Gasteiger partial charge in [0.1, 0.15) is 5.82 Å². The molecule has 1 aromatic rings. The fourth-order valence-electron chi connectivity index (χ4n) is 1.30. The van der Waals surface area contributed by atoms with Crippen LogP contribution in [0.2, 0.25) is 0 Å². The van der Waals surface area contributed by atoms with E-state index in [-0.39, 0.29) is 28.9 Å². The van der Waals surface area contributed by atoms with Crippen molar-refractivity contribution in [1.82, 2.24) is 0 Å². The summed E-state index contributed by atoms with van der Waals surface area (Å²) in [6.07, 6.45) is 0.136. The summed E-state index contributed by atoms with van der Waals surface area (Å²) in [5.41, 5.74) is -1.41. The molecule has 0 spiro atoms. The van der Waals surface area contributed by atoms with Crippen LogP contribution in [0.15, 0.2) is 16.6 Å². The van der Waals surface area contributed by atoms with Gasteiger partial charge in [-0.05, 0) is 36.2 Å². The van der Waals surface area contributed by atoms with Crippen LogP contribution >= 0.6 is 15.9 Å². The van der Waals surface area contributed by atoms with Gasteiger partial charge in [-0.1, -0.05) is 0 Å². The number of carboxylic acids is 1. The number of nitro groups is 1. The Morgan fingerprint density at radius 1 is 1.55 bits per heavy atom. The third-order valence-corrected chi connectivity index (χ3v) is 3.37. The first-order chi connectivity index (χ1) is 9.15. The van der Waals surface area contributed by atoms with Crippen molar-refractivity contribution in [3.63, 3.8) is 0 Å². The van der Waals surface area contributed by atoms with Gasteiger partial charge in [-0.3, -0.25) is 14.9 Å². The third-order valence-electron chi connectivity index (χ3n) is 2.76. The van der Waals surface area contributed by atoms with Gasteiger partial charge >= 0.3 is 11.7 Å². The predicted octanol–water partition coefficient (Wildman–Crippen LogP) is 3.38. The van der Waals surface area contributed by atoms with E-state index < -0.39 is 22.1 Å². The number of aliphatic carboxylic acids is 1. The summed E-state index contributed by atoms with van der Waals surface area (Å²) in [6, 6.07) is 1.91. The molecule has 0 amide bonds. The van der Waals surface area contributed by atoms with Crippen molar-refractivity contribution < 1.29 is 24.0 Å². The molecular weight excluding hydrogens is 337 g/mol. The summed E-state index contributed by atoms with van der Waals surface area (Å²) < 4.78 is 18.5. The second-order valence-electron chi connectivity index (χ2n) is 4.78. The minimum atomic E-state index is -1.03. The van der Waals surface area contributed by atoms with Crippen molar-refractivity contribution in [3.8, 4) is 5.75 Å². The molecule has 0 atom stereocenters. The molecule has 0 unspecified atom stereocenters. The minimum Gasteiger partial charge on any atom is -0.487 e. The van der Waals surface area contributed by atoms with Crippen molar-refractivity contribution in [2.75, 3.05) is 6.61 Å². The zero-order valence-corrected chi connectivity index (χ0v) is 12.4. The molecule has 0 aliphatic rings. The van der Waals surface area contributed by atoms with Crippen molar-refractivity contribution in [1.29, 1.82) is 0 Å². The first kappa shape index (κ1) is 16.4. The van der Waals surface area contributed by atoms with E-state index in [0.29, 0.717) is 0 Å². The van der Waals surface area contributed by atoms with E-state index in [1.807, 2.05) is 0 Å². The van der Waals surface area contributed by atoms with Crippen LogP contribution in [0.1, 0.15) is 20.3 Å². The Hall–Kier alpha value is -1.70. The second-order valence-corrected chi connectivity index (χ2v) is 5.63. The number of carbonyl (C=O) groups is 1. The Kier molecular flexibility index (Phi) is 5.04. The van der Waals surface area contributed by atoms with Crippen LogP contribution in [0.5, 0.6) is 5.75 Å².